The molecule has 0 saturated heterocycles. The Kier molecular flexibility index (Phi) is 7.37. The van der Waals surface area contributed by atoms with Gasteiger partial charge in [0.2, 0.25) is 0 Å². The lowest BCUT2D eigenvalue weighted by Gasteiger charge is -2.29. The van der Waals surface area contributed by atoms with Crippen LogP contribution in [0, 0.1) is 0 Å². The Hall–Kier alpha value is -3.40. The quantitative estimate of drug-likeness (QED) is 0.391. The number of aliphatic hydroxyl groups is 1. The van der Waals surface area contributed by atoms with Crippen LogP contribution in [0.5, 0.6) is 17.2 Å². The van der Waals surface area contributed by atoms with Crippen molar-refractivity contribution < 1.29 is 40.9 Å². The van der Waals surface area contributed by atoms with Gasteiger partial charge in [-0.2, -0.15) is 13.2 Å². The maximum absolute atomic E-state index is 13.0. The standard InChI is InChI=1S/C23H19F6NO3/c24-22(25,26)21(31)15-30(14-16-6-4-11-20(12-16)33-23(27,28)29)17-7-5-10-19(13-17)32-18-8-2-1-3-9-18/h1-13,21,31H,14-15H2/t21-/m1/s1. The third kappa shape index (κ3) is 7.60. The fourth-order valence-electron chi connectivity index (χ4n) is 3.00. The monoisotopic (exact) mass is 471 g/mol. The third-order valence-electron chi connectivity index (χ3n) is 4.44. The van der Waals surface area contributed by atoms with E-state index in [0.717, 1.165) is 12.1 Å². The van der Waals surface area contributed by atoms with Gasteiger partial charge in [-0.15, -0.1) is 13.2 Å². The average Bonchev–Trinajstić information content (AvgIpc) is 2.72. The van der Waals surface area contributed by atoms with Gasteiger partial charge in [0.15, 0.2) is 6.10 Å². The van der Waals surface area contributed by atoms with Crippen LogP contribution in [0.3, 0.4) is 0 Å². The van der Waals surface area contributed by atoms with E-state index in [0.29, 0.717) is 11.5 Å². The van der Waals surface area contributed by atoms with Crippen LogP contribution in [0.4, 0.5) is 32.0 Å². The van der Waals surface area contributed by atoms with Gasteiger partial charge in [0, 0.05) is 18.3 Å². The molecular weight excluding hydrogens is 452 g/mol. The molecule has 0 aromatic heterocycles. The number of hydrogen-bond acceptors (Lipinski definition) is 4. The minimum absolute atomic E-state index is 0.225. The maximum atomic E-state index is 13.0. The van der Waals surface area contributed by atoms with Gasteiger partial charge in [-0.1, -0.05) is 36.4 Å². The molecular formula is C23H19F6NO3. The summed E-state index contributed by atoms with van der Waals surface area (Å²) in [7, 11) is 0. The molecule has 0 spiro atoms. The largest absolute Gasteiger partial charge is 0.573 e. The molecule has 3 aromatic rings. The molecule has 33 heavy (non-hydrogen) atoms. The summed E-state index contributed by atoms with van der Waals surface area (Å²) in [6.45, 7) is -1.07. The average molecular weight is 471 g/mol. The number of benzene rings is 3. The first-order valence-electron chi connectivity index (χ1n) is 9.67. The molecule has 0 aliphatic rings. The number of hydrogen-bond donors (Lipinski definition) is 1. The Morgan fingerprint density at radius 3 is 2.06 bits per heavy atom. The van der Waals surface area contributed by atoms with E-state index in [1.807, 2.05) is 0 Å². The molecule has 0 bridgehead atoms. The van der Waals surface area contributed by atoms with Crippen molar-refractivity contribution in [1.82, 2.24) is 0 Å². The van der Waals surface area contributed by atoms with Gasteiger partial charge in [0.1, 0.15) is 17.2 Å². The highest BCUT2D eigenvalue weighted by molar-refractivity contribution is 5.52. The summed E-state index contributed by atoms with van der Waals surface area (Å²) in [4.78, 5) is 1.20. The molecule has 10 heteroatoms. The highest BCUT2D eigenvalue weighted by Crippen LogP contribution is 2.30. The van der Waals surface area contributed by atoms with Crippen molar-refractivity contribution in [2.24, 2.45) is 0 Å². The predicted molar refractivity (Wildman–Crippen MR) is 109 cm³/mol. The molecule has 0 aliphatic carbocycles. The number of nitrogens with zero attached hydrogens (tertiary/aromatic N) is 1. The summed E-state index contributed by atoms with van der Waals surface area (Å²) in [6.07, 6.45) is -12.5. The molecule has 0 unspecified atom stereocenters. The molecule has 3 rings (SSSR count). The third-order valence-corrected chi connectivity index (χ3v) is 4.44. The van der Waals surface area contributed by atoms with Crippen molar-refractivity contribution in [3.8, 4) is 17.2 Å². The Morgan fingerprint density at radius 2 is 1.39 bits per heavy atom. The van der Waals surface area contributed by atoms with Crippen LogP contribution < -0.4 is 14.4 Å². The summed E-state index contributed by atoms with van der Waals surface area (Å²) in [5.74, 6) is 0.338. The smallest absolute Gasteiger partial charge is 0.457 e. The minimum Gasteiger partial charge on any atom is -0.457 e. The van der Waals surface area contributed by atoms with Crippen molar-refractivity contribution in [3.63, 3.8) is 0 Å². The van der Waals surface area contributed by atoms with E-state index in [1.54, 1.807) is 42.5 Å². The number of alkyl halides is 6. The molecule has 0 heterocycles. The van der Waals surface area contributed by atoms with Gasteiger partial charge >= 0.3 is 12.5 Å². The summed E-state index contributed by atoms with van der Waals surface area (Å²) in [5.41, 5.74) is 0.523. The van der Waals surface area contributed by atoms with Gasteiger partial charge in [0.25, 0.3) is 0 Å². The maximum Gasteiger partial charge on any atom is 0.573 e. The van der Waals surface area contributed by atoms with E-state index in [2.05, 4.69) is 4.74 Å². The van der Waals surface area contributed by atoms with Crippen LogP contribution in [0.15, 0.2) is 78.9 Å². The zero-order valence-electron chi connectivity index (χ0n) is 17.0. The summed E-state index contributed by atoms with van der Waals surface area (Å²) < 4.78 is 86.3. The first-order chi connectivity index (χ1) is 15.5. The first-order valence-corrected chi connectivity index (χ1v) is 9.67. The Bertz CT molecular complexity index is 1040. The highest BCUT2D eigenvalue weighted by atomic mass is 19.4. The van der Waals surface area contributed by atoms with E-state index in [4.69, 9.17) is 4.74 Å². The molecule has 1 atom stereocenters. The SMILES string of the molecule is O[C@H](CN(Cc1cccc(OC(F)(F)F)c1)c1cccc(Oc2ccccc2)c1)C(F)(F)F. The van der Waals surface area contributed by atoms with Crippen molar-refractivity contribution in [2.45, 2.75) is 25.2 Å². The predicted octanol–water partition coefficient (Wildman–Crippen LogP) is 6.31. The van der Waals surface area contributed by atoms with Crippen LogP contribution in [-0.2, 0) is 6.54 Å². The second kappa shape index (κ2) is 10.0. The molecule has 0 fully saturated rings. The lowest BCUT2D eigenvalue weighted by atomic mass is 10.1. The van der Waals surface area contributed by atoms with Crippen LogP contribution in [-0.4, -0.2) is 30.3 Å². The molecule has 0 aliphatic heterocycles. The second-order valence-electron chi connectivity index (χ2n) is 7.05. The van der Waals surface area contributed by atoms with Crippen molar-refractivity contribution in [3.05, 3.63) is 84.4 Å². The molecule has 0 radical (unpaired) electrons. The number of aliphatic hydroxyl groups excluding tert-OH is 1. The Labute approximate surface area is 185 Å². The van der Waals surface area contributed by atoms with Gasteiger partial charge in [0.05, 0.1) is 6.54 Å². The molecule has 0 amide bonds. The normalized spacial score (nSPS) is 12.8. The van der Waals surface area contributed by atoms with Crippen LogP contribution in [0.2, 0.25) is 0 Å². The molecule has 3 aromatic carbocycles. The lowest BCUT2D eigenvalue weighted by molar-refractivity contribution is -0.274. The number of ether oxygens (including phenoxy) is 2. The van der Waals surface area contributed by atoms with E-state index in [1.165, 1.54) is 29.2 Å². The second-order valence-corrected chi connectivity index (χ2v) is 7.05. The first kappa shape index (κ1) is 24.2. The summed E-state index contributed by atoms with van der Waals surface area (Å²) in [6, 6.07) is 19.7. The van der Waals surface area contributed by atoms with Gasteiger partial charge in [-0.25, -0.2) is 0 Å². The molecule has 4 nitrogen and oxygen atoms in total. The van der Waals surface area contributed by atoms with Crippen LogP contribution in [0.1, 0.15) is 5.56 Å². The van der Waals surface area contributed by atoms with Gasteiger partial charge < -0.3 is 19.5 Å². The highest BCUT2D eigenvalue weighted by Gasteiger charge is 2.39. The minimum atomic E-state index is -4.91. The van der Waals surface area contributed by atoms with Gasteiger partial charge in [-0.3, -0.25) is 0 Å². The number of rotatable bonds is 8. The molecule has 0 saturated carbocycles. The Morgan fingerprint density at radius 1 is 0.758 bits per heavy atom. The fraction of sp³-hybridized carbons (Fsp3) is 0.217. The van der Waals surface area contributed by atoms with E-state index in [9.17, 15) is 31.4 Å². The fourth-order valence-corrected chi connectivity index (χ4v) is 3.00. The molecule has 176 valence electrons. The van der Waals surface area contributed by atoms with Gasteiger partial charge in [-0.05, 0) is 42.0 Å². The number of halogens is 6. The van der Waals surface area contributed by atoms with E-state index < -0.39 is 30.9 Å². The van der Waals surface area contributed by atoms with Crippen LogP contribution >= 0.6 is 0 Å². The number of anilines is 1. The van der Waals surface area contributed by atoms with Crippen molar-refractivity contribution >= 4 is 5.69 Å². The molecule has 1 N–H and O–H groups in total. The van der Waals surface area contributed by atoms with Crippen LogP contribution in [0.25, 0.3) is 0 Å². The summed E-state index contributed by atoms with van der Waals surface area (Å²) >= 11 is 0. The van der Waals surface area contributed by atoms with Crippen molar-refractivity contribution in [1.29, 1.82) is 0 Å². The van der Waals surface area contributed by atoms with E-state index in [-0.39, 0.29) is 17.8 Å². The zero-order valence-corrected chi connectivity index (χ0v) is 17.0. The van der Waals surface area contributed by atoms with E-state index >= 15 is 0 Å². The van der Waals surface area contributed by atoms with Crippen molar-refractivity contribution in [2.75, 3.05) is 11.4 Å². The topological polar surface area (TPSA) is 41.9 Å². The zero-order chi connectivity index (χ0) is 24.1. The summed E-state index contributed by atoms with van der Waals surface area (Å²) in [5, 5.41) is 9.64. The lowest BCUT2D eigenvalue weighted by Crippen LogP contribution is -2.40. The Balaban J connectivity index is 1.87. The number of para-hydroxylation sites is 1.